The Morgan fingerprint density at radius 1 is 1.35 bits per heavy atom. The third-order valence-electron chi connectivity index (χ3n) is 2.65. The fourth-order valence-corrected chi connectivity index (χ4v) is 2.55. The van der Waals surface area contributed by atoms with Crippen LogP contribution >= 0.6 is 11.8 Å². The van der Waals surface area contributed by atoms with Gasteiger partial charge in [-0.15, -0.1) is 0 Å². The second-order valence-electron chi connectivity index (χ2n) is 3.82. The Labute approximate surface area is 102 Å². The van der Waals surface area contributed by atoms with E-state index in [1.54, 1.807) is 6.08 Å². The zero-order chi connectivity index (χ0) is 11.8. The quantitative estimate of drug-likeness (QED) is 0.771. The van der Waals surface area contributed by atoms with E-state index < -0.39 is 0 Å². The van der Waals surface area contributed by atoms with Gasteiger partial charge < -0.3 is 4.74 Å². The van der Waals surface area contributed by atoms with Gasteiger partial charge in [0.2, 0.25) is 0 Å². The summed E-state index contributed by atoms with van der Waals surface area (Å²) in [6.45, 7) is 0.711. The van der Waals surface area contributed by atoms with Gasteiger partial charge in [0.1, 0.15) is 5.75 Å². The standard InChI is InChI=1S/C12H9NO3S/c14-11-10(17-12(15)13-11)6-7-1-2-9-8(5-7)3-4-16-9/h1-2,5-6H,3-4H2,(H,13,14,15)/b10-6+. The second kappa shape index (κ2) is 3.92. The molecule has 0 unspecified atom stereocenters. The van der Waals surface area contributed by atoms with Crippen LogP contribution in [0.25, 0.3) is 6.08 Å². The highest BCUT2D eigenvalue weighted by atomic mass is 32.2. The number of hydrogen-bond acceptors (Lipinski definition) is 4. The molecule has 0 atom stereocenters. The van der Waals surface area contributed by atoms with E-state index in [-0.39, 0.29) is 11.1 Å². The van der Waals surface area contributed by atoms with Crippen LogP contribution in [0.1, 0.15) is 11.1 Å². The van der Waals surface area contributed by atoms with E-state index in [1.807, 2.05) is 18.2 Å². The first-order valence-corrected chi connectivity index (χ1v) is 6.04. The highest BCUT2D eigenvalue weighted by Gasteiger charge is 2.25. The molecule has 0 radical (unpaired) electrons. The van der Waals surface area contributed by atoms with Gasteiger partial charge in [-0.1, -0.05) is 6.07 Å². The van der Waals surface area contributed by atoms with Crippen molar-refractivity contribution in [2.24, 2.45) is 0 Å². The molecule has 86 valence electrons. The van der Waals surface area contributed by atoms with Crippen LogP contribution in [0, 0.1) is 0 Å². The Morgan fingerprint density at radius 3 is 3.00 bits per heavy atom. The summed E-state index contributed by atoms with van der Waals surface area (Å²) in [4.78, 5) is 22.8. The SMILES string of the molecule is O=C1NC(=O)/C(=C\c2ccc3c(c2)CCO3)S1. The lowest BCUT2D eigenvalue weighted by Gasteiger charge is -2.00. The minimum absolute atomic E-state index is 0.314. The molecule has 2 heterocycles. The van der Waals surface area contributed by atoms with E-state index in [9.17, 15) is 9.59 Å². The van der Waals surface area contributed by atoms with Crippen molar-refractivity contribution in [3.8, 4) is 5.75 Å². The Morgan fingerprint density at radius 2 is 2.24 bits per heavy atom. The van der Waals surface area contributed by atoms with Gasteiger partial charge >= 0.3 is 0 Å². The van der Waals surface area contributed by atoms with E-state index in [0.29, 0.717) is 11.5 Å². The van der Waals surface area contributed by atoms with Crippen LogP contribution in [0.15, 0.2) is 23.1 Å². The van der Waals surface area contributed by atoms with Gasteiger partial charge in [0.05, 0.1) is 11.5 Å². The number of imide groups is 1. The number of carbonyl (C=O) groups excluding carboxylic acids is 2. The summed E-state index contributed by atoms with van der Waals surface area (Å²) < 4.78 is 5.40. The molecule has 17 heavy (non-hydrogen) atoms. The van der Waals surface area contributed by atoms with E-state index in [0.717, 1.165) is 35.1 Å². The Hall–Kier alpha value is -1.75. The molecule has 0 aromatic heterocycles. The van der Waals surface area contributed by atoms with E-state index in [4.69, 9.17) is 4.74 Å². The lowest BCUT2D eigenvalue weighted by molar-refractivity contribution is -0.115. The van der Waals surface area contributed by atoms with Gasteiger partial charge in [-0.25, -0.2) is 0 Å². The van der Waals surface area contributed by atoms with Gasteiger partial charge in [0.15, 0.2) is 0 Å². The third kappa shape index (κ3) is 1.93. The Balaban J connectivity index is 1.93. The molecule has 3 rings (SSSR count). The fourth-order valence-electron chi connectivity index (χ4n) is 1.87. The fraction of sp³-hybridized carbons (Fsp3) is 0.167. The molecule has 2 amide bonds. The number of rotatable bonds is 1. The Bertz CT molecular complexity index is 551. The average Bonchev–Trinajstić information content (AvgIpc) is 2.85. The number of ether oxygens (including phenoxy) is 1. The zero-order valence-corrected chi connectivity index (χ0v) is 9.67. The van der Waals surface area contributed by atoms with Crippen molar-refractivity contribution < 1.29 is 14.3 Å². The average molecular weight is 247 g/mol. The maximum Gasteiger partial charge on any atom is 0.290 e. The summed E-state index contributed by atoms with van der Waals surface area (Å²) in [5.74, 6) is 0.587. The normalized spacial score (nSPS) is 20.4. The molecule has 1 saturated heterocycles. The van der Waals surface area contributed by atoms with Crippen molar-refractivity contribution in [1.29, 1.82) is 0 Å². The predicted molar refractivity (Wildman–Crippen MR) is 64.7 cm³/mol. The smallest absolute Gasteiger partial charge is 0.290 e. The van der Waals surface area contributed by atoms with Crippen LogP contribution in [0.4, 0.5) is 4.79 Å². The van der Waals surface area contributed by atoms with Gasteiger partial charge in [0.25, 0.3) is 11.1 Å². The summed E-state index contributed by atoms with van der Waals surface area (Å²) in [6, 6.07) is 5.77. The minimum atomic E-state index is -0.322. The molecule has 1 aromatic rings. The highest BCUT2D eigenvalue weighted by Crippen LogP contribution is 2.29. The molecule has 0 bridgehead atoms. The topological polar surface area (TPSA) is 55.4 Å². The number of fused-ring (bicyclic) bond motifs is 1. The van der Waals surface area contributed by atoms with Crippen molar-refractivity contribution >= 4 is 29.0 Å². The summed E-state index contributed by atoms with van der Waals surface area (Å²) in [7, 11) is 0. The van der Waals surface area contributed by atoms with Crippen LogP contribution < -0.4 is 10.1 Å². The first kappa shape index (κ1) is 10.4. The molecule has 2 aliphatic heterocycles. The van der Waals surface area contributed by atoms with E-state index in [1.165, 1.54) is 0 Å². The highest BCUT2D eigenvalue weighted by molar-refractivity contribution is 8.18. The molecular weight excluding hydrogens is 238 g/mol. The number of amides is 2. The van der Waals surface area contributed by atoms with Crippen LogP contribution in [-0.2, 0) is 11.2 Å². The second-order valence-corrected chi connectivity index (χ2v) is 4.83. The van der Waals surface area contributed by atoms with Gasteiger partial charge in [-0.05, 0) is 41.1 Å². The summed E-state index contributed by atoms with van der Waals surface area (Å²) >= 11 is 0.932. The lowest BCUT2D eigenvalue weighted by Crippen LogP contribution is -2.17. The maximum absolute atomic E-state index is 11.4. The van der Waals surface area contributed by atoms with Crippen LogP contribution in [0.5, 0.6) is 5.75 Å². The maximum atomic E-state index is 11.4. The predicted octanol–water partition coefficient (Wildman–Crippen LogP) is 1.95. The summed E-state index contributed by atoms with van der Waals surface area (Å²) in [5, 5.41) is 1.92. The minimum Gasteiger partial charge on any atom is -0.493 e. The Kier molecular flexibility index (Phi) is 2.40. The van der Waals surface area contributed by atoms with Crippen LogP contribution in [0.2, 0.25) is 0 Å². The molecule has 2 aliphatic rings. The molecule has 1 N–H and O–H groups in total. The van der Waals surface area contributed by atoms with Crippen LogP contribution in [0.3, 0.4) is 0 Å². The number of hydrogen-bond donors (Lipinski definition) is 1. The third-order valence-corrected chi connectivity index (χ3v) is 3.46. The lowest BCUT2D eigenvalue weighted by atomic mass is 10.1. The molecule has 5 heteroatoms. The molecule has 0 saturated carbocycles. The number of benzene rings is 1. The van der Waals surface area contributed by atoms with Crippen molar-refractivity contribution in [1.82, 2.24) is 5.32 Å². The van der Waals surface area contributed by atoms with Crippen molar-refractivity contribution in [2.75, 3.05) is 6.61 Å². The zero-order valence-electron chi connectivity index (χ0n) is 8.86. The van der Waals surface area contributed by atoms with Gasteiger partial charge in [-0.3, -0.25) is 14.9 Å². The number of carbonyl (C=O) groups is 2. The van der Waals surface area contributed by atoms with Crippen molar-refractivity contribution in [2.45, 2.75) is 6.42 Å². The first-order chi connectivity index (χ1) is 8.22. The molecular formula is C12H9NO3S. The molecule has 1 aromatic carbocycles. The van der Waals surface area contributed by atoms with E-state index in [2.05, 4.69) is 5.32 Å². The number of nitrogens with one attached hydrogen (secondary N) is 1. The largest absolute Gasteiger partial charge is 0.493 e. The van der Waals surface area contributed by atoms with E-state index >= 15 is 0 Å². The number of thioether (sulfide) groups is 1. The van der Waals surface area contributed by atoms with Gasteiger partial charge in [-0.2, -0.15) is 0 Å². The molecule has 1 fully saturated rings. The monoisotopic (exact) mass is 247 g/mol. The summed E-state index contributed by atoms with van der Waals surface area (Å²) in [6.07, 6.45) is 2.62. The first-order valence-electron chi connectivity index (χ1n) is 5.23. The van der Waals surface area contributed by atoms with Crippen LogP contribution in [-0.4, -0.2) is 17.8 Å². The molecule has 4 nitrogen and oxygen atoms in total. The molecule has 0 aliphatic carbocycles. The van der Waals surface area contributed by atoms with Gasteiger partial charge in [0, 0.05) is 6.42 Å². The summed E-state index contributed by atoms with van der Waals surface area (Å²) in [5.41, 5.74) is 2.07. The molecule has 0 spiro atoms. The van der Waals surface area contributed by atoms with Crippen molar-refractivity contribution in [3.05, 3.63) is 34.2 Å². The van der Waals surface area contributed by atoms with Crippen molar-refractivity contribution in [3.63, 3.8) is 0 Å².